The minimum atomic E-state index is -0.00130. The molecule has 3 rings (SSSR count). The molecule has 0 aliphatic heterocycles. The lowest BCUT2D eigenvalue weighted by molar-refractivity contribution is -0.121. The van der Waals surface area contributed by atoms with Gasteiger partial charge < -0.3 is 14.6 Å². The van der Waals surface area contributed by atoms with Crippen molar-refractivity contribution < 1.29 is 9.53 Å². The molecule has 0 saturated heterocycles. The summed E-state index contributed by atoms with van der Waals surface area (Å²) in [6, 6.07) is 11.5. The number of pyridine rings is 1. The van der Waals surface area contributed by atoms with E-state index < -0.39 is 0 Å². The van der Waals surface area contributed by atoms with Crippen molar-refractivity contribution in [3.63, 3.8) is 0 Å². The van der Waals surface area contributed by atoms with Gasteiger partial charge in [-0.2, -0.15) is 0 Å². The number of fused-ring (bicyclic) bond motifs is 1. The van der Waals surface area contributed by atoms with Crippen LogP contribution in [0, 0.1) is 0 Å². The number of para-hydroxylation sites is 2. The standard InChI is InChI=1S/C17H18N4O2/c1-23-17-7-6-13(11-19-17)10-18-16(22)8-9-21-12-20-14-4-2-3-5-15(14)21/h2-7,11-12H,8-10H2,1H3,(H,18,22). The Kier molecular flexibility index (Phi) is 4.52. The smallest absolute Gasteiger partial charge is 0.222 e. The van der Waals surface area contributed by atoms with E-state index in [9.17, 15) is 4.79 Å². The third-order valence-corrected chi connectivity index (χ3v) is 3.60. The van der Waals surface area contributed by atoms with Gasteiger partial charge in [0.05, 0.1) is 24.5 Å². The van der Waals surface area contributed by atoms with Gasteiger partial charge in [-0.25, -0.2) is 9.97 Å². The summed E-state index contributed by atoms with van der Waals surface area (Å²) >= 11 is 0. The van der Waals surface area contributed by atoms with E-state index in [1.54, 1.807) is 25.7 Å². The zero-order valence-corrected chi connectivity index (χ0v) is 12.9. The highest BCUT2D eigenvalue weighted by Gasteiger charge is 2.05. The Labute approximate surface area is 134 Å². The molecule has 0 spiro atoms. The van der Waals surface area contributed by atoms with Crippen LogP contribution in [0.5, 0.6) is 5.88 Å². The Morgan fingerprint density at radius 1 is 1.22 bits per heavy atom. The molecule has 0 fully saturated rings. The van der Waals surface area contributed by atoms with E-state index in [-0.39, 0.29) is 5.91 Å². The highest BCUT2D eigenvalue weighted by molar-refractivity contribution is 5.77. The lowest BCUT2D eigenvalue weighted by Crippen LogP contribution is -2.23. The normalized spacial score (nSPS) is 10.7. The zero-order chi connectivity index (χ0) is 16.1. The molecule has 0 radical (unpaired) electrons. The molecule has 118 valence electrons. The van der Waals surface area contributed by atoms with Crippen molar-refractivity contribution in [1.29, 1.82) is 0 Å². The lowest BCUT2D eigenvalue weighted by atomic mass is 10.2. The number of nitrogens with one attached hydrogen (secondary N) is 1. The molecule has 1 amide bonds. The third-order valence-electron chi connectivity index (χ3n) is 3.60. The first-order chi connectivity index (χ1) is 11.3. The molecule has 0 aliphatic rings. The van der Waals surface area contributed by atoms with Crippen molar-refractivity contribution in [2.45, 2.75) is 19.5 Å². The first-order valence-corrected chi connectivity index (χ1v) is 7.42. The first-order valence-electron chi connectivity index (χ1n) is 7.42. The maximum atomic E-state index is 12.0. The van der Waals surface area contributed by atoms with Gasteiger partial charge in [0.25, 0.3) is 0 Å². The maximum absolute atomic E-state index is 12.0. The van der Waals surface area contributed by atoms with Crippen molar-refractivity contribution in [3.05, 3.63) is 54.5 Å². The van der Waals surface area contributed by atoms with E-state index in [4.69, 9.17) is 4.74 Å². The number of ether oxygens (including phenoxy) is 1. The van der Waals surface area contributed by atoms with Gasteiger partial charge in [0.15, 0.2) is 0 Å². The second-order valence-electron chi connectivity index (χ2n) is 5.16. The summed E-state index contributed by atoms with van der Waals surface area (Å²) in [6.45, 7) is 1.06. The Balaban J connectivity index is 1.51. The number of aromatic nitrogens is 3. The van der Waals surface area contributed by atoms with Gasteiger partial charge in [0.2, 0.25) is 11.8 Å². The Morgan fingerprint density at radius 2 is 2.09 bits per heavy atom. The number of hydrogen-bond acceptors (Lipinski definition) is 4. The van der Waals surface area contributed by atoms with Gasteiger partial charge in [-0.3, -0.25) is 4.79 Å². The highest BCUT2D eigenvalue weighted by Crippen LogP contribution is 2.12. The minimum Gasteiger partial charge on any atom is -0.481 e. The largest absolute Gasteiger partial charge is 0.481 e. The molecule has 0 saturated carbocycles. The fourth-order valence-corrected chi connectivity index (χ4v) is 2.34. The van der Waals surface area contributed by atoms with E-state index in [0.717, 1.165) is 16.6 Å². The number of benzene rings is 1. The Bertz CT molecular complexity index is 796. The monoisotopic (exact) mass is 310 g/mol. The van der Waals surface area contributed by atoms with Gasteiger partial charge in [0, 0.05) is 31.8 Å². The van der Waals surface area contributed by atoms with E-state index in [1.807, 2.05) is 34.9 Å². The first kappa shape index (κ1) is 15.0. The van der Waals surface area contributed by atoms with Crippen molar-refractivity contribution in [1.82, 2.24) is 19.9 Å². The molecule has 0 atom stereocenters. The Hall–Kier alpha value is -2.89. The molecule has 2 heterocycles. The maximum Gasteiger partial charge on any atom is 0.222 e. The minimum absolute atomic E-state index is 0.00130. The van der Waals surface area contributed by atoms with Gasteiger partial charge in [0.1, 0.15) is 0 Å². The van der Waals surface area contributed by atoms with Crippen molar-refractivity contribution in [2.24, 2.45) is 0 Å². The number of aryl methyl sites for hydroxylation is 1. The van der Waals surface area contributed by atoms with Crippen LogP contribution in [0.1, 0.15) is 12.0 Å². The van der Waals surface area contributed by atoms with Crippen LogP contribution >= 0.6 is 0 Å². The number of imidazole rings is 1. The fraction of sp³-hybridized carbons (Fsp3) is 0.235. The number of carbonyl (C=O) groups excluding carboxylic acids is 1. The van der Waals surface area contributed by atoms with Gasteiger partial charge >= 0.3 is 0 Å². The average molecular weight is 310 g/mol. The van der Waals surface area contributed by atoms with Gasteiger partial charge in [-0.15, -0.1) is 0 Å². The summed E-state index contributed by atoms with van der Waals surface area (Å²) in [7, 11) is 1.57. The number of rotatable bonds is 6. The van der Waals surface area contributed by atoms with Crippen LogP contribution in [0.15, 0.2) is 48.9 Å². The zero-order valence-electron chi connectivity index (χ0n) is 12.9. The molecule has 2 aromatic heterocycles. The Morgan fingerprint density at radius 3 is 2.87 bits per heavy atom. The molecule has 3 aromatic rings. The van der Waals surface area contributed by atoms with Gasteiger partial charge in [-0.1, -0.05) is 18.2 Å². The molecule has 0 unspecified atom stereocenters. The molecule has 6 heteroatoms. The van der Waals surface area contributed by atoms with Crippen LogP contribution in [0.3, 0.4) is 0 Å². The fourth-order valence-electron chi connectivity index (χ4n) is 2.34. The predicted octanol–water partition coefficient (Wildman–Crippen LogP) is 2.15. The second-order valence-corrected chi connectivity index (χ2v) is 5.16. The van der Waals surface area contributed by atoms with Crippen LogP contribution in [-0.4, -0.2) is 27.6 Å². The molecule has 1 N–H and O–H groups in total. The van der Waals surface area contributed by atoms with Crippen LogP contribution < -0.4 is 10.1 Å². The molecular weight excluding hydrogens is 292 g/mol. The molecular formula is C17H18N4O2. The van der Waals surface area contributed by atoms with Crippen LogP contribution in [-0.2, 0) is 17.9 Å². The summed E-state index contributed by atoms with van der Waals surface area (Å²) in [4.78, 5) is 20.4. The third kappa shape index (κ3) is 3.66. The van der Waals surface area contributed by atoms with Gasteiger partial charge in [-0.05, 0) is 17.7 Å². The second kappa shape index (κ2) is 6.91. The van der Waals surface area contributed by atoms with Crippen LogP contribution in [0.2, 0.25) is 0 Å². The summed E-state index contributed by atoms with van der Waals surface area (Å²) in [6.07, 6.45) is 3.87. The van der Waals surface area contributed by atoms with Crippen LogP contribution in [0.25, 0.3) is 11.0 Å². The molecule has 6 nitrogen and oxygen atoms in total. The quantitative estimate of drug-likeness (QED) is 0.757. The number of carbonyl (C=O) groups is 1. The van der Waals surface area contributed by atoms with Crippen molar-refractivity contribution in [3.8, 4) is 5.88 Å². The predicted molar refractivity (Wildman–Crippen MR) is 87.0 cm³/mol. The topological polar surface area (TPSA) is 69.0 Å². The van der Waals surface area contributed by atoms with E-state index >= 15 is 0 Å². The summed E-state index contributed by atoms with van der Waals surface area (Å²) in [5, 5.41) is 2.89. The molecule has 0 aliphatic carbocycles. The SMILES string of the molecule is COc1ccc(CNC(=O)CCn2cnc3ccccc32)cn1. The number of nitrogens with zero attached hydrogens (tertiary/aromatic N) is 3. The molecule has 0 bridgehead atoms. The molecule has 23 heavy (non-hydrogen) atoms. The summed E-state index contributed by atoms with van der Waals surface area (Å²) in [5.41, 5.74) is 2.92. The number of amides is 1. The molecule has 1 aromatic carbocycles. The number of methoxy groups -OCH3 is 1. The average Bonchev–Trinajstić information content (AvgIpc) is 3.02. The number of hydrogen-bond donors (Lipinski definition) is 1. The van der Waals surface area contributed by atoms with Crippen molar-refractivity contribution >= 4 is 16.9 Å². The van der Waals surface area contributed by atoms with Crippen LogP contribution in [0.4, 0.5) is 0 Å². The van der Waals surface area contributed by atoms with E-state index in [2.05, 4.69) is 15.3 Å². The van der Waals surface area contributed by atoms with E-state index in [0.29, 0.717) is 25.4 Å². The van der Waals surface area contributed by atoms with Crippen molar-refractivity contribution in [2.75, 3.05) is 7.11 Å². The summed E-state index contributed by atoms with van der Waals surface area (Å²) < 4.78 is 6.99. The lowest BCUT2D eigenvalue weighted by Gasteiger charge is -2.07. The summed E-state index contributed by atoms with van der Waals surface area (Å²) in [5.74, 6) is 0.561. The highest BCUT2D eigenvalue weighted by atomic mass is 16.5. The van der Waals surface area contributed by atoms with E-state index in [1.165, 1.54) is 0 Å².